The second kappa shape index (κ2) is 4.85. The quantitative estimate of drug-likeness (QED) is 0.845. The Hall–Kier alpha value is -1.23. The molecule has 0 atom stereocenters. The van der Waals surface area contributed by atoms with Gasteiger partial charge in [-0.05, 0) is 34.5 Å². The molecule has 1 aromatic carbocycles. The molecule has 0 unspecified atom stereocenters. The van der Waals surface area contributed by atoms with E-state index in [1.807, 2.05) is 19.1 Å². The zero-order valence-corrected chi connectivity index (χ0v) is 9.17. The number of hydrogen-bond acceptors (Lipinski definition) is 3. The second-order valence-corrected chi connectivity index (χ2v) is 3.56. The van der Waals surface area contributed by atoms with E-state index in [2.05, 4.69) is 26.4 Å². The van der Waals surface area contributed by atoms with Gasteiger partial charge in [0.05, 0.1) is 5.69 Å². The fraction of sp³-hybridized carbons (Fsp3) is 0.222. The van der Waals surface area contributed by atoms with Crippen molar-refractivity contribution in [1.82, 2.24) is 0 Å². The normalized spacial score (nSPS) is 9.57. The Morgan fingerprint density at radius 3 is 2.93 bits per heavy atom. The zero-order chi connectivity index (χ0) is 10.6. The topological polar surface area (TPSA) is 58.5 Å². The summed E-state index contributed by atoms with van der Waals surface area (Å²) < 4.78 is 0.819. The lowest BCUT2D eigenvalue weighted by molar-refractivity contribution is -0.114. The van der Waals surface area contributed by atoms with Crippen molar-refractivity contribution < 1.29 is 4.79 Å². The SMILES string of the molecule is Cc1cccc(NC(=O)CN=O)c1Br. The standard InChI is InChI=1S/C9H9BrN2O2/c1-6-3-2-4-7(9(6)10)12-8(13)5-11-14/h2-4H,5H2,1H3,(H,12,13). The van der Waals surface area contributed by atoms with Crippen LogP contribution in [-0.2, 0) is 4.79 Å². The Labute approximate surface area is 89.8 Å². The lowest BCUT2D eigenvalue weighted by atomic mass is 10.2. The Bertz CT molecular complexity index is 366. The average molecular weight is 257 g/mol. The van der Waals surface area contributed by atoms with E-state index in [0.29, 0.717) is 5.69 Å². The fourth-order valence-corrected chi connectivity index (χ4v) is 1.36. The van der Waals surface area contributed by atoms with E-state index in [1.54, 1.807) is 6.07 Å². The number of rotatable bonds is 3. The predicted octanol–water partition coefficient (Wildman–Crippen LogP) is 2.46. The maximum atomic E-state index is 11.1. The zero-order valence-electron chi connectivity index (χ0n) is 7.58. The van der Waals surface area contributed by atoms with Crippen LogP contribution in [0.25, 0.3) is 0 Å². The molecule has 4 nitrogen and oxygen atoms in total. The molecule has 0 aliphatic carbocycles. The highest BCUT2D eigenvalue weighted by Crippen LogP contribution is 2.25. The van der Waals surface area contributed by atoms with Crippen molar-refractivity contribution in [2.24, 2.45) is 5.18 Å². The van der Waals surface area contributed by atoms with Gasteiger partial charge in [-0.2, -0.15) is 4.91 Å². The van der Waals surface area contributed by atoms with Crippen LogP contribution >= 0.6 is 15.9 Å². The van der Waals surface area contributed by atoms with E-state index in [-0.39, 0.29) is 6.54 Å². The first-order chi connectivity index (χ1) is 6.65. The first-order valence-electron chi connectivity index (χ1n) is 3.99. The molecular formula is C9H9BrN2O2. The van der Waals surface area contributed by atoms with Crippen LogP contribution in [0.15, 0.2) is 27.8 Å². The molecule has 0 bridgehead atoms. The molecular weight excluding hydrogens is 248 g/mol. The van der Waals surface area contributed by atoms with Gasteiger partial charge in [0, 0.05) is 4.47 Å². The molecule has 5 heteroatoms. The van der Waals surface area contributed by atoms with Gasteiger partial charge in [-0.25, -0.2) is 0 Å². The molecule has 0 aliphatic heterocycles. The van der Waals surface area contributed by atoms with Crippen molar-refractivity contribution in [3.63, 3.8) is 0 Å². The van der Waals surface area contributed by atoms with E-state index >= 15 is 0 Å². The number of aryl methyl sites for hydroxylation is 1. The van der Waals surface area contributed by atoms with Gasteiger partial charge in [0.15, 0.2) is 6.54 Å². The third-order valence-electron chi connectivity index (χ3n) is 1.67. The summed E-state index contributed by atoms with van der Waals surface area (Å²) >= 11 is 3.34. The van der Waals surface area contributed by atoms with Crippen LogP contribution < -0.4 is 5.32 Å². The predicted molar refractivity (Wildman–Crippen MR) is 58.2 cm³/mol. The minimum absolute atomic E-state index is 0.361. The summed E-state index contributed by atoms with van der Waals surface area (Å²) in [5, 5.41) is 5.08. The number of nitrogens with zero attached hydrogens (tertiary/aromatic N) is 1. The van der Waals surface area contributed by atoms with Crippen LogP contribution in [0, 0.1) is 11.8 Å². The number of benzene rings is 1. The van der Waals surface area contributed by atoms with Crippen molar-refractivity contribution in [3.05, 3.63) is 33.1 Å². The molecule has 0 heterocycles. The first-order valence-corrected chi connectivity index (χ1v) is 4.78. The molecule has 1 rings (SSSR count). The second-order valence-electron chi connectivity index (χ2n) is 2.77. The third kappa shape index (κ3) is 2.63. The minimum atomic E-state index is -0.411. The van der Waals surface area contributed by atoms with Crippen LogP contribution in [0.3, 0.4) is 0 Å². The first kappa shape index (κ1) is 10.8. The number of hydrogen-bond donors (Lipinski definition) is 1. The monoisotopic (exact) mass is 256 g/mol. The van der Waals surface area contributed by atoms with Crippen molar-refractivity contribution in [2.75, 3.05) is 11.9 Å². The number of nitrogens with one attached hydrogen (secondary N) is 1. The van der Waals surface area contributed by atoms with Gasteiger partial charge in [0.1, 0.15) is 0 Å². The van der Waals surface area contributed by atoms with Gasteiger partial charge in [-0.1, -0.05) is 17.3 Å². The van der Waals surface area contributed by atoms with Crippen LogP contribution in [0.4, 0.5) is 5.69 Å². The highest BCUT2D eigenvalue weighted by molar-refractivity contribution is 9.10. The molecule has 1 N–H and O–H groups in total. The maximum Gasteiger partial charge on any atom is 0.249 e. The summed E-state index contributed by atoms with van der Waals surface area (Å²) in [7, 11) is 0. The summed E-state index contributed by atoms with van der Waals surface area (Å²) in [5.74, 6) is -0.411. The van der Waals surface area contributed by atoms with Crippen LogP contribution in [0.1, 0.15) is 5.56 Å². The summed E-state index contributed by atoms with van der Waals surface area (Å²) in [6, 6.07) is 5.49. The molecule has 1 amide bonds. The molecule has 0 saturated heterocycles. The number of carbonyl (C=O) groups is 1. The van der Waals surface area contributed by atoms with Crippen LogP contribution in [0.5, 0.6) is 0 Å². The number of halogens is 1. The summed E-state index contributed by atoms with van der Waals surface area (Å²) in [5.41, 5.74) is 1.67. The Balaban J connectivity index is 2.81. The highest BCUT2D eigenvalue weighted by atomic mass is 79.9. The molecule has 0 saturated carbocycles. The van der Waals surface area contributed by atoms with Gasteiger partial charge >= 0.3 is 0 Å². The van der Waals surface area contributed by atoms with E-state index in [0.717, 1.165) is 10.0 Å². The number of nitroso groups, excluding NO2 is 1. The van der Waals surface area contributed by atoms with Gasteiger partial charge in [0.25, 0.3) is 0 Å². The summed E-state index contributed by atoms with van der Waals surface area (Å²) in [6.45, 7) is 1.55. The molecule has 1 aromatic rings. The van der Waals surface area contributed by atoms with Crippen molar-refractivity contribution in [1.29, 1.82) is 0 Å². The van der Waals surface area contributed by atoms with Crippen molar-refractivity contribution in [2.45, 2.75) is 6.92 Å². The third-order valence-corrected chi connectivity index (χ3v) is 2.73. The lowest BCUT2D eigenvalue weighted by Gasteiger charge is -2.06. The Kier molecular flexibility index (Phi) is 3.76. The van der Waals surface area contributed by atoms with Crippen LogP contribution in [-0.4, -0.2) is 12.5 Å². The summed E-state index contributed by atoms with van der Waals surface area (Å²) in [4.78, 5) is 20.9. The van der Waals surface area contributed by atoms with E-state index < -0.39 is 5.91 Å². The molecule has 0 aromatic heterocycles. The molecule has 14 heavy (non-hydrogen) atoms. The largest absolute Gasteiger partial charge is 0.323 e. The molecule has 0 spiro atoms. The van der Waals surface area contributed by atoms with Gasteiger partial charge < -0.3 is 5.32 Å². The van der Waals surface area contributed by atoms with Gasteiger partial charge in [0.2, 0.25) is 5.91 Å². The van der Waals surface area contributed by atoms with E-state index in [4.69, 9.17) is 0 Å². The van der Waals surface area contributed by atoms with Crippen LogP contribution in [0.2, 0.25) is 0 Å². The fourth-order valence-electron chi connectivity index (χ4n) is 0.992. The molecule has 74 valence electrons. The van der Waals surface area contributed by atoms with Gasteiger partial charge in [-0.3, -0.25) is 4.79 Å². The maximum absolute atomic E-state index is 11.1. The molecule has 0 radical (unpaired) electrons. The number of anilines is 1. The minimum Gasteiger partial charge on any atom is -0.323 e. The van der Waals surface area contributed by atoms with E-state index in [9.17, 15) is 9.70 Å². The Morgan fingerprint density at radius 1 is 1.57 bits per heavy atom. The van der Waals surface area contributed by atoms with Crippen molar-refractivity contribution >= 4 is 27.5 Å². The highest BCUT2D eigenvalue weighted by Gasteiger charge is 2.06. The summed E-state index contributed by atoms with van der Waals surface area (Å²) in [6.07, 6.45) is 0. The molecule has 0 aliphatic rings. The van der Waals surface area contributed by atoms with E-state index in [1.165, 1.54) is 0 Å². The van der Waals surface area contributed by atoms with Gasteiger partial charge in [-0.15, -0.1) is 0 Å². The molecule has 0 fully saturated rings. The Morgan fingerprint density at radius 2 is 2.29 bits per heavy atom. The lowest BCUT2D eigenvalue weighted by Crippen LogP contribution is -2.14. The van der Waals surface area contributed by atoms with Crippen molar-refractivity contribution in [3.8, 4) is 0 Å². The number of amides is 1. The average Bonchev–Trinajstić information content (AvgIpc) is 2.13. The number of carbonyl (C=O) groups excluding carboxylic acids is 1. The smallest absolute Gasteiger partial charge is 0.249 e.